The number of methoxy groups -OCH3 is 1. The normalized spacial score (nSPS) is 16.9. The summed E-state index contributed by atoms with van der Waals surface area (Å²) in [4.78, 5) is 28.2. The van der Waals surface area contributed by atoms with Crippen LogP contribution in [0.25, 0.3) is 5.76 Å². The SMILES string of the molecule is CCOc1cc(C2/C(=C(/O)c3ccc(F)c(C)c3)C(=O)C(=O)N2c2cc(C)cc(C)c2)ccc1OC. The Balaban J connectivity index is 1.99. The van der Waals surface area contributed by atoms with Crippen LogP contribution in [-0.4, -0.2) is 30.5 Å². The quantitative estimate of drug-likeness (QED) is 0.270. The van der Waals surface area contributed by atoms with Gasteiger partial charge in [0, 0.05) is 11.3 Å². The van der Waals surface area contributed by atoms with Gasteiger partial charge in [0.15, 0.2) is 11.5 Å². The first-order valence-corrected chi connectivity index (χ1v) is 11.6. The Hall–Kier alpha value is -4.13. The van der Waals surface area contributed by atoms with Crippen molar-refractivity contribution in [3.05, 3.63) is 93.8 Å². The fraction of sp³-hybridized carbons (Fsp3) is 0.241. The number of carbonyl (C=O) groups excluding carboxylic acids is 2. The van der Waals surface area contributed by atoms with Gasteiger partial charge >= 0.3 is 0 Å². The van der Waals surface area contributed by atoms with Crippen LogP contribution < -0.4 is 14.4 Å². The molecule has 36 heavy (non-hydrogen) atoms. The summed E-state index contributed by atoms with van der Waals surface area (Å²) < 4.78 is 25.1. The smallest absolute Gasteiger partial charge is 0.300 e. The number of benzene rings is 3. The number of aliphatic hydroxyl groups is 1. The molecule has 4 rings (SSSR count). The highest BCUT2D eigenvalue weighted by Gasteiger charge is 2.47. The van der Waals surface area contributed by atoms with Crippen molar-refractivity contribution in [2.75, 3.05) is 18.6 Å². The van der Waals surface area contributed by atoms with Gasteiger partial charge < -0.3 is 14.6 Å². The summed E-state index contributed by atoms with van der Waals surface area (Å²) in [5.74, 6) is -1.46. The van der Waals surface area contributed by atoms with Crippen molar-refractivity contribution < 1.29 is 28.6 Å². The third-order valence-electron chi connectivity index (χ3n) is 6.16. The van der Waals surface area contributed by atoms with E-state index in [2.05, 4.69) is 0 Å². The summed E-state index contributed by atoms with van der Waals surface area (Å²) in [6.07, 6.45) is 0. The number of nitrogens with zero attached hydrogens (tertiary/aromatic N) is 1. The molecule has 0 bridgehead atoms. The lowest BCUT2D eigenvalue weighted by atomic mass is 9.94. The molecule has 0 saturated carbocycles. The predicted molar refractivity (Wildman–Crippen MR) is 136 cm³/mol. The lowest BCUT2D eigenvalue weighted by Gasteiger charge is -2.27. The van der Waals surface area contributed by atoms with Crippen molar-refractivity contribution >= 4 is 23.1 Å². The molecule has 1 unspecified atom stereocenters. The van der Waals surface area contributed by atoms with Crippen LogP contribution in [0.5, 0.6) is 11.5 Å². The van der Waals surface area contributed by atoms with Crippen LogP contribution in [-0.2, 0) is 9.59 Å². The van der Waals surface area contributed by atoms with E-state index in [9.17, 15) is 19.1 Å². The van der Waals surface area contributed by atoms with Crippen LogP contribution in [0.15, 0.2) is 60.2 Å². The van der Waals surface area contributed by atoms with Crippen molar-refractivity contribution in [1.29, 1.82) is 0 Å². The van der Waals surface area contributed by atoms with Gasteiger partial charge in [-0.3, -0.25) is 14.5 Å². The van der Waals surface area contributed by atoms with E-state index in [1.807, 2.05) is 39.0 Å². The van der Waals surface area contributed by atoms with E-state index < -0.39 is 23.5 Å². The van der Waals surface area contributed by atoms with E-state index in [0.717, 1.165) is 11.1 Å². The summed E-state index contributed by atoms with van der Waals surface area (Å²) in [7, 11) is 1.52. The summed E-state index contributed by atoms with van der Waals surface area (Å²) >= 11 is 0. The van der Waals surface area contributed by atoms with Gasteiger partial charge in [0.05, 0.1) is 25.3 Å². The number of Topliss-reactive ketones (excluding diaryl/α,β-unsaturated/α-hetero) is 1. The molecule has 0 aliphatic carbocycles. The van der Waals surface area contributed by atoms with Gasteiger partial charge in [-0.15, -0.1) is 0 Å². The lowest BCUT2D eigenvalue weighted by molar-refractivity contribution is -0.132. The Kier molecular flexibility index (Phi) is 6.84. The highest BCUT2D eigenvalue weighted by molar-refractivity contribution is 6.51. The number of ether oxygens (including phenoxy) is 2. The maximum absolute atomic E-state index is 13.9. The number of ketones is 1. The number of halogens is 1. The van der Waals surface area contributed by atoms with E-state index in [0.29, 0.717) is 34.9 Å². The standard InChI is InChI=1S/C29H28FNO5/c1-6-36-24-15-19(8-10-23(24)35-5)26-25(27(32)20-7-9-22(30)18(4)14-20)28(33)29(34)31(26)21-12-16(2)11-17(3)13-21/h7-15,26,32H,6H2,1-5H3/b27-25-. The number of aliphatic hydroxyl groups excluding tert-OH is 1. The molecule has 0 aromatic heterocycles. The topological polar surface area (TPSA) is 76.1 Å². The zero-order valence-corrected chi connectivity index (χ0v) is 20.9. The molecule has 1 aliphatic rings. The van der Waals surface area contributed by atoms with Gasteiger partial charge in [-0.25, -0.2) is 4.39 Å². The van der Waals surface area contributed by atoms with E-state index in [1.54, 1.807) is 25.1 Å². The van der Waals surface area contributed by atoms with E-state index in [4.69, 9.17) is 9.47 Å². The van der Waals surface area contributed by atoms with Crippen LogP contribution in [0, 0.1) is 26.6 Å². The molecule has 7 heteroatoms. The number of carbonyl (C=O) groups is 2. The van der Waals surface area contributed by atoms with Crippen LogP contribution in [0.3, 0.4) is 0 Å². The van der Waals surface area contributed by atoms with Crippen molar-refractivity contribution in [2.24, 2.45) is 0 Å². The highest BCUT2D eigenvalue weighted by atomic mass is 19.1. The first kappa shape index (κ1) is 25.0. The van der Waals surface area contributed by atoms with Crippen molar-refractivity contribution in [1.82, 2.24) is 0 Å². The van der Waals surface area contributed by atoms with Gasteiger partial charge in [-0.2, -0.15) is 0 Å². The molecule has 1 aliphatic heterocycles. The van der Waals surface area contributed by atoms with Crippen LogP contribution in [0.1, 0.15) is 40.8 Å². The van der Waals surface area contributed by atoms with Gasteiger partial charge in [-0.1, -0.05) is 12.1 Å². The first-order valence-electron chi connectivity index (χ1n) is 11.6. The van der Waals surface area contributed by atoms with E-state index in [-0.39, 0.29) is 16.9 Å². The summed E-state index contributed by atoms with van der Waals surface area (Å²) in [6, 6.07) is 13.9. The molecule has 0 radical (unpaired) electrons. The Morgan fingerprint density at radius 3 is 2.28 bits per heavy atom. The van der Waals surface area contributed by atoms with Gasteiger partial charge in [-0.05, 0) is 92.4 Å². The lowest BCUT2D eigenvalue weighted by Crippen LogP contribution is -2.29. The minimum absolute atomic E-state index is 0.0854. The molecule has 0 spiro atoms. The van der Waals surface area contributed by atoms with Crippen molar-refractivity contribution in [2.45, 2.75) is 33.7 Å². The number of amides is 1. The first-order chi connectivity index (χ1) is 17.2. The molecule has 1 saturated heterocycles. The molecular weight excluding hydrogens is 461 g/mol. The van der Waals surface area contributed by atoms with Crippen LogP contribution >= 0.6 is 0 Å². The molecular formula is C29H28FNO5. The third kappa shape index (κ3) is 4.44. The third-order valence-corrected chi connectivity index (χ3v) is 6.16. The zero-order valence-electron chi connectivity index (χ0n) is 20.9. The molecule has 1 fully saturated rings. The highest BCUT2D eigenvalue weighted by Crippen LogP contribution is 2.44. The molecule has 186 valence electrons. The summed E-state index contributed by atoms with van der Waals surface area (Å²) in [5, 5.41) is 11.3. The predicted octanol–water partition coefficient (Wildman–Crippen LogP) is 5.78. The van der Waals surface area contributed by atoms with Gasteiger partial charge in [0.1, 0.15) is 11.6 Å². The zero-order chi connectivity index (χ0) is 26.1. The maximum Gasteiger partial charge on any atom is 0.300 e. The number of hydrogen-bond acceptors (Lipinski definition) is 5. The Labute approximate surface area is 209 Å². The van der Waals surface area contributed by atoms with Crippen molar-refractivity contribution in [3.63, 3.8) is 0 Å². The van der Waals surface area contributed by atoms with Crippen LogP contribution in [0.2, 0.25) is 0 Å². The average molecular weight is 490 g/mol. The second-order valence-corrected chi connectivity index (χ2v) is 8.82. The monoisotopic (exact) mass is 489 g/mol. The molecule has 3 aromatic carbocycles. The fourth-order valence-corrected chi connectivity index (χ4v) is 4.58. The van der Waals surface area contributed by atoms with E-state index in [1.165, 1.54) is 30.2 Å². The molecule has 1 heterocycles. The number of hydrogen-bond donors (Lipinski definition) is 1. The van der Waals surface area contributed by atoms with Crippen LogP contribution in [0.4, 0.5) is 10.1 Å². The Morgan fingerprint density at radius 1 is 0.972 bits per heavy atom. The summed E-state index contributed by atoms with van der Waals surface area (Å²) in [6.45, 7) is 7.60. The maximum atomic E-state index is 13.9. The molecule has 1 amide bonds. The van der Waals surface area contributed by atoms with E-state index >= 15 is 0 Å². The second kappa shape index (κ2) is 9.85. The minimum Gasteiger partial charge on any atom is -0.507 e. The molecule has 1 N–H and O–H groups in total. The number of aryl methyl sites for hydroxylation is 3. The average Bonchev–Trinajstić information content (AvgIpc) is 3.10. The number of rotatable bonds is 6. The Bertz CT molecular complexity index is 1370. The molecule has 3 aromatic rings. The number of anilines is 1. The second-order valence-electron chi connectivity index (χ2n) is 8.82. The molecule has 1 atom stereocenters. The Morgan fingerprint density at radius 2 is 1.67 bits per heavy atom. The van der Waals surface area contributed by atoms with Crippen molar-refractivity contribution in [3.8, 4) is 11.5 Å². The molecule has 6 nitrogen and oxygen atoms in total. The van der Waals surface area contributed by atoms with Gasteiger partial charge in [0.2, 0.25) is 0 Å². The fourth-order valence-electron chi connectivity index (χ4n) is 4.58. The van der Waals surface area contributed by atoms with Gasteiger partial charge in [0.25, 0.3) is 11.7 Å². The minimum atomic E-state index is -0.943. The largest absolute Gasteiger partial charge is 0.507 e. The summed E-state index contributed by atoms with van der Waals surface area (Å²) in [5.41, 5.74) is 3.39.